The Kier molecular flexibility index (Phi) is 13.6. The summed E-state index contributed by atoms with van der Waals surface area (Å²) < 4.78 is 4.83. The van der Waals surface area contributed by atoms with E-state index < -0.39 is 5.97 Å². The number of hydrogen-bond donors (Lipinski definition) is 1. The molecule has 3 heteroatoms. The van der Waals surface area contributed by atoms with Crippen LogP contribution in [-0.2, 0) is 9.53 Å². The van der Waals surface area contributed by atoms with E-state index in [2.05, 4.69) is 6.58 Å². The van der Waals surface area contributed by atoms with Gasteiger partial charge in [0.2, 0.25) is 0 Å². The van der Waals surface area contributed by atoms with Gasteiger partial charge >= 0.3 is 5.97 Å². The van der Waals surface area contributed by atoms with Crippen molar-refractivity contribution in [2.24, 2.45) is 0 Å². The maximum absolute atomic E-state index is 10.1. The van der Waals surface area contributed by atoms with Gasteiger partial charge in [-0.3, -0.25) is 0 Å². The van der Waals surface area contributed by atoms with Crippen LogP contribution in [0, 0.1) is 0 Å². The first-order valence-electron chi connectivity index (χ1n) is 5.08. The van der Waals surface area contributed by atoms with Gasteiger partial charge < -0.3 is 9.84 Å². The van der Waals surface area contributed by atoms with Gasteiger partial charge in [0, 0.05) is 18.8 Å². The fourth-order valence-electron chi connectivity index (χ4n) is 0.701. The Bertz CT molecular complexity index is 151. The summed E-state index contributed by atoms with van der Waals surface area (Å²) in [7, 11) is 0. The van der Waals surface area contributed by atoms with Crippen LogP contribution in [0.5, 0.6) is 0 Å². The first-order valence-corrected chi connectivity index (χ1v) is 5.08. The van der Waals surface area contributed by atoms with Gasteiger partial charge in [0.05, 0.1) is 0 Å². The van der Waals surface area contributed by atoms with E-state index in [1.165, 1.54) is 0 Å². The molecule has 0 bridgehead atoms. The van der Waals surface area contributed by atoms with E-state index in [0.717, 1.165) is 26.1 Å². The standard InChI is InChI=1S/C7H12O2.C4H10O/c1-3-4-5-6(2)7(8)9;1-3-5-4-2/h2-5H2,1H3,(H,8,9);3-4H2,1-2H3. The topological polar surface area (TPSA) is 46.5 Å². The first-order chi connectivity index (χ1) is 6.59. The fourth-order valence-corrected chi connectivity index (χ4v) is 0.701. The molecule has 0 unspecified atom stereocenters. The Hall–Kier alpha value is -0.830. The van der Waals surface area contributed by atoms with Gasteiger partial charge in [-0.1, -0.05) is 19.9 Å². The van der Waals surface area contributed by atoms with E-state index in [0.29, 0.717) is 12.0 Å². The van der Waals surface area contributed by atoms with Gasteiger partial charge in [0.1, 0.15) is 0 Å². The Balaban J connectivity index is 0. The van der Waals surface area contributed by atoms with Crippen LogP contribution in [0.15, 0.2) is 12.2 Å². The van der Waals surface area contributed by atoms with E-state index >= 15 is 0 Å². The van der Waals surface area contributed by atoms with Crippen molar-refractivity contribution in [1.82, 2.24) is 0 Å². The minimum Gasteiger partial charge on any atom is -0.478 e. The summed E-state index contributed by atoms with van der Waals surface area (Å²) in [5, 5.41) is 8.31. The third kappa shape index (κ3) is 13.7. The molecular formula is C11H22O3. The maximum atomic E-state index is 10.1. The molecule has 0 radical (unpaired) electrons. The molecule has 0 amide bonds. The van der Waals surface area contributed by atoms with Crippen molar-refractivity contribution >= 4 is 5.97 Å². The molecule has 0 atom stereocenters. The molecule has 1 N–H and O–H groups in total. The molecular weight excluding hydrogens is 180 g/mol. The van der Waals surface area contributed by atoms with Crippen LogP contribution >= 0.6 is 0 Å². The number of carboxylic acid groups (broad SMARTS) is 1. The highest BCUT2D eigenvalue weighted by Crippen LogP contribution is 2.03. The fraction of sp³-hybridized carbons (Fsp3) is 0.727. The molecule has 0 rings (SSSR count). The minimum atomic E-state index is -0.872. The zero-order chi connectivity index (χ0) is 11.4. The quantitative estimate of drug-likeness (QED) is 0.674. The number of carbonyl (C=O) groups is 1. The third-order valence-electron chi connectivity index (χ3n) is 1.54. The lowest BCUT2D eigenvalue weighted by molar-refractivity contribution is -0.132. The van der Waals surface area contributed by atoms with Crippen LogP contribution in [0.25, 0.3) is 0 Å². The Morgan fingerprint density at radius 1 is 1.29 bits per heavy atom. The number of unbranched alkanes of at least 4 members (excludes halogenated alkanes) is 1. The van der Waals surface area contributed by atoms with E-state index in [-0.39, 0.29) is 0 Å². The van der Waals surface area contributed by atoms with E-state index in [1.807, 2.05) is 20.8 Å². The molecule has 0 heterocycles. The summed E-state index contributed by atoms with van der Waals surface area (Å²) >= 11 is 0. The molecule has 0 aromatic heterocycles. The highest BCUT2D eigenvalue weighted by molar-refractivity contribution is 5.85. The van der Waals surface area contributed by atoms with Crippen molar-refractivity contribution in [1.29, 1.82) is 0 Å². The monoisotopic (exact) mass is 202 g/mol. The zero-order valence-electron chi connectivity index (χ0n) is 9.51. The molecule has 14 heavy (non-hydrogen) atoms. The van der Waals surface area contributed by atoms with E-state index in [4.69, 9.17) is 9.84 Å². The van der Waals surface area contributed by atoms with Crippen LogP contribution in [0.1, 0.15) is 40.0 Å². The summed E-state index contributed by atoms with van der Waals surface area (Å²) in [4.78, 5) is 10.1. The lowest BCUT2D eigenvalue weighted by Gasteiger charge is -1.95. The maximum Gasteiger partial charge on any atom is 0.330 e. The summed E-state index contributed by atoms with van der Waals surface area (Å²) in [6.45, 7) is 11.1. The molecule has 3 nitrogen and oxygen atoms in total. The van der Waals surface area contributed by atoms with E-state index in [9.17, 15) is 4.79 Å². The zero-order valence-corrected chi connectivity index (χ0v) is 9.51. The number of aliphatic carboxylic acids is 1. The lowest BCUT2D eigenvalue weighted by Crippen LogP contribution is -1.97. The van der Waals surface area contributed by atoms with Crippen molar-refractivity contribution in [2.75, 3.05) is 13.2 Å². The molecule has 0 saturated heterocycles. The second kappa shape index (κ2) is 12.2. The summed E-state index contributed by atoms with van der Waals surface area (Å²) in [5.74, 6) is -0.872. The number of ether oxygens (including phenoxy) is 1. The summed E-state index contributed by atoms with van der Waals surface area (Å²) in [6, 6.07) is 0. The summed E-state index contributed by atoms with van der Waals surface area (Å²) in [5.41, 5.74) is 0.317. The van der Waals surface area contributed by atoms with Crippen LogP contribution in [-0.4, -0.2) is 24.3 Å². The molecule has 0 aromatic rings. The van der Waals surface area contributed by atoms with Gasteiger partial charge in [-0.05, 0) is 26.7 Å². The predicted octanol–water partition coefficient (Wildman–Crippen LogP) is 2.86. The van der Waals surface area contributed by atoms with Crippen LogP contribution < -0.4 is 0 Å². The van der Waals surface area contributed by atoms with Crippen LogP contribution in [0.3, 0.4) is 0 Å². The average Bonchev–Trinajstić information content (AvgIpc) is 2.16. The van der Waals surface area contributed by atoms with E-state index in [1.54, 1.807) is 0 Å². The van der Waals surface area contributed by atoms with Crippen LogP contribution in [0.4, 0.5) is 0 Å². The second-order valence-electron chi connectivity index (χ2n) is 2.79. The highest BCUT2D eigenvalue weighted by atomic mass is 16.5. The van der Waals surface area contributed by atoms with Crippen molar-refractivity contribution < 1.29 is 14.6 Å². The number of hydrogen-bond acceptors (Lipinski definition) is 2. The molecule has 0 aliphatic carbocycles. The van der Waals surface area contributed by atoms with Crippen LogP contribution in [0.2, 0.25) is 0 Å². The van der Waals surface area contributed by atoms with Gasteiger partial charge in [-0.15, -0.1) is 0 Å². The van der Waals surface area contributed by atoms with Crippen molar-refractivity contribution in [2.45, 2.75) is 40.0 Å². The summed E-state index contributed by atoms with van der Waals surface area (Å²) in [6.07, 6.45) is 2.56. The normalized spacial score (nSPS) is 8.79. The van der Waals surface area contributed by atoms with Gasteiger partial charge in [-0.2, -0.15) is 0 Å². The predicted molar refractivity (Wildman–Crippen MR) is 58.5 cm³/mol. The average molecular weight is 202 g/mol. The third-order valence-corrected chi connectivity index (χ3v) is 1.54. The molecule has 0 aromatic carbocycles. The second-order valence-corrected chi connectivity index (χ2v) is 2.79. The Labute approximate surface area is 86.8 Å². The van der Waals surface area contributed by atoms with Gasteiger partial charge in [0.15, 0.2) is 0 Å². The highest BCUT2D eigenvalue weighted by Gasteiger charge is 2.00. The Morgan fingerprint density at radius 3 is 2.00 bits per heavy atom. The SMILES string of the molecule is C=C(CCCC)C(=O)O.CCOCC. The molecule has 0 spiro atoms. The number of rotatable bonds is 6. The van der Waals surface area contributed by atoms with Crippen molar-refractivity contribution in [3.05, 3.63) is 12.2 Å². The van der Waals surface area contributed by atoms with Gasteiger partial charge in [-0.25, -0.2) is 4.79 Å². The first kappa shape index (κ1) is 15.6. The molecule has 0 saturated carbocycles. The lowest BCUT2D eigenvalue weighted by atomic mass is 10.1. The Morgan fingerprint density at radius 2 is 1.79 bits per heavy atom. The largest absolute Gasteiger partial charge is 0.478 e. The number of carboxylic acids is 1. The molecule has 0 fully saturated rings. The molecule has 0 aliphatic heterocycles. The molecule has 84 valence electrons. The van der Waals surface area contributed by atoms with Gasteiger partial charge in [0.25, 0.3) is 0 Å². The van der Waals surface area contributed by atoms with Crippen molar-refractivity contribution in [3.63, 3.8) is 0 Å². The smallest absolute Gasteiger partial charge is 0.330 e. The minimum absolute atomic E-state index is 0.317. The van der Waals surface area contributed by atoms with Crippen molar-refractivity contribution in [3.8, 4) is 0 Å². The molecule has 0 aliphatic rings.